The van der Waals surface area contributed by atoms with E-state index in [0.717, 1.165) is 23.2 Å². The predicted octanol–water partition coefficient (Wildman–Crippen LogP) is 2.65. The normalized spacial score (nSPS) is 13.6. The maximum Gasteiger partial charge on any atom is 0.242 e. The highest BCUT2D eigenvalue weighted by atomic mass is 16.5. The smallest absolute Gasteiger partial charge is 0.242 e. The van der Waals surface area contributed by atoms with Crippen LogP contribution in [0.2, 0.25) is 0 Å². The second-order valence-electron chi connectivity index (χ2n) is 4.88. The van der Waals surface area contributed by atoms with Crippen LogP contribution in [0.4, 0.5) is 11.4 Å². The molecule has 2 heterocycles. The maximum absolute atomic E-state index is 11.3. The van der Waals surface area contributed by atoms with Gasteiger partial charge in [-0.05, 0) is 48.7 Å². The van der Waals surface area contributed by atoms with Crippen LogP contribution in [0.3, 0.4) is 0 Å². The Morgan fingerprint density at radius 1 is 1.30 bits per heavy atom. The molecule has 0 radical (unpaired) electrons. The monoisotopic (exact) mass is 269 g/mol. The Labute approximate surface area is 116 Å². The molecule has 0 bridgehead atoms. The van der Waals surface area contributed by atoms with Crippen LogP contribution in [-0.2, 0) is 11.2 Å². The molecular weight excluding hydrogens is 254 g/mol. The number of nitrogens with zero attached hydrogens (tertiary/aromatic N) is 1. The largest absolute Gasteiger partial charge is 0.437 e. The Kier molecular flexibility index (Phi) is 3.02. The minimum absolute atomic E-state index is 0.0515. The van der Waals surface area contributed by atoms with Gasteiger partial charge in [-0.2, -0.15) is 0 Å². The fraction of sp³-hybridized carbons (Fsp3) is 0.200. The van der Waals surface area contributed by atoms with Gasteiger partial charge in [0.15, 0.2) is 0 Å². The number of rotatable bonds is 2. The van der Waals surface area contributed by atoms with Crippen molar-refractivity contribution in [2.45, 2.75) is 19.8 Å². The summed E-state index contributed by atoms with van der Waals surface area (Å²) in [5, 5.41) is 2.83. The van der Waals surface area contributed by atoms with Crippen LogP contribution in [0.15, 0.2) is 30.5 Å². The molecular formula is C15H15N3O2. The quantitative estimate of drug-likeness (QED) is 0.878. The fourth-order valence-electron chi connectivity index (χ4n) is 2.20. The first kappa shape index (κ1) is 12.5. The van der Waals surface area contributed by atoms with Crippen molar-refractivity contribution in [2.24, 2.45) is 0 Å². The molecule has 5 heteroatoms. The lowest BCUT2D eigenvalue weighted by Crippen LogP contribution is -2.18. The van der Waals surface area contributed by atoms with Gasteiger partial charge in [0, 0.05) is 18.3 Å². The summed E-state index contributed by atoms with van der Waals surface area (Å²) < 4.78 is 5.71. The molecule has 2 aromatic rings. The van der Waals surface area contributed by atoms with E-state index in [-0.39, 0.29) is 5.91 Å². The number of carbonyl (C=O) groups is 1. The number of aromatic nitrogens is 1. The molecule has 0 spiro atoms. The van der Waals surface area contributed by atoms with Crippen LogP contribution in [0.25, 0.3) is 0 Å². The van der Waals surface area contributed by atoms with Gasteiger partial charge in [0.25, 0.3) is 0 Å². The highest BCUT2D eigenvalue weighted by molar-refractivity contribution is 5.94. The standard InChI is InChI=1S/C15H15N3O2/c1-9-6-12(16)15(17-8-9)20-11-3-4-13-10(7-11)2-5-14(19)18-13/h3-4,6-8H,2,5,16H2,1H3,(H,18,19). The molecule has 1 amide bonds. The Morgan fingerprint density at radius 2 is 2.15 bits per heavy atom. The SMILES string of the molecule is Cc1cnc(Oc2ccc3c(c2)CCC(=O)N3)c(N)c1. The van der Waals surface area contributed by atoms with Crippen LogP contribution in [0.1, 0.15) is 17.5 Å². The zero-order valence-corrected chi connectivity index (χ0v) is 11.1. The lowest BCUT2D eigenvalue weighted by atomic mass is 10.0. The van der Waals surface area contributed by atoms with E-state index >= 15 is 0 Å². The zero-order chi connectivity index (χ0) is 14.1. The highest BCUT2D eigenvalue weighted by Crippen LogP contribution is 2.30. The zero-order valence-electron chi connectivity index (χ0n) is 11.1. The summed E-state index contributed by atoms with van der Waals surface area (Å²) in [7, 11) is 0. The van der Waals surface area contributed by atoms with Gasteiger partial charge in [0.2, 0.25) is 11.8 Å². The molecule has 1 aromatic carbocycles. The number of amides is 1. The van der Waals surface area contributed by atoms with Gasteiger partial charge in [0.1, 0.15) is 5.75 Å². The molecule has 0 atom stereocenters. The Balaban J connectivity index is 1.86. The number of nitrogens with one attached hydrogen (secondary N) is 1. The van der Waals surface area contributed by atoms with E-state index in [1.54, 1.807) is 12.3 Å². The minimum Gasteiger partial charge on any atom is -0.437 e. The second-order valence-corrected chi connectivity index (χ2v) is 4.88. The van der Waals surface area contributed by atoms with Crippen molar-refractivity contribution < 1.29 is 9.53 Å². The van der Waals surface area contributed by atoms with Gasteiger partial charge in [-0.15, -0.1) is 0 Å². The molecule has 102 valence electrons. The second kappa shape index (κ2) is 4.85. The molecule has 0 unspecified atom stereocenters. The third-order valence-corrected chi connectivity index (χ3v) is 3.20. The van der Waals surface area contributed by atoms with Crippen molar-refractivity contribution >= 4 is 17.3 Å². The number of anilines is 2. The van der Waals surface area contributed by atoms with Gasteiger partial charge >= 0.3 is 0 Å². The van der Waals surface area contributed by atoms with E-state index in [4.69, 9.17) is 10.5 Å². The van der Waals surface area contributed by atoms with E-state index in [9.17, 15) is 4.79 Å². The summed E-state index contributed by atoms with van der Waals surface area (Å²) in [5.41, 5.74) is 9.29. The van der Waals surface area contributed by atoms with Crippen LogP contribution in [0.5, 0.6) is 11.6 Å². The Hall–Kier alpha value is -2.56. The lowest BCUT2D eigenvalue weighted by molar-refractivity contribution is -0.116. The van der Waals surface area contributed by atoms with Crippen LogP contribution in [-0.4, -0.2) is 10.9 Å². The average Bonchev–Trinajstić information content (AvgIpc) is 2.42. The molecule has 0 fully saturated rings. The van der Waals surface area contributed by atoms with Crippen molar-refractivity contribution in [2.75, 3.05) is 11.1 Å². The van der Waals surface area contributed by atoms with Crippen LogP contribution >= 0.6 is 0 Å². The van der Waals surface area contributed by atoms with E-state index in [0.29, 0.717) is 23.7 Å². The summed E-state index contributed by atoms with van der Waals surface area (Å²) in [6.07, 6.45) is 2.93. The van der Waals surface area contributed by atoms with Gasteiger partial charge < -0.3 is 15.8 Å². The fourth-order valence-corrected chi connectivity index (χ4v) is 2.20. The predicted molar refractivity (Wildman–Crippen MR) is 76.9 cm³/mol. The van der Waals surface area contributed by atoms with Crippen molar-refractivity contribution in [3.63, 3.8) is 0 Å². The van der Waals surface area contributed by atoms with Crippen molar-refractivity contribution in [1.29, 1.82) is 0 Å². The molecule has 3 rings (SSSR count). The molecule has 0 saturated heterocycles. The molecule has 1 aliphatic heterocycles. The number of hydrogen-bond acceptors (Lipinski definition) is 4. The lowest BCUT2D eigenvalue weighted by Gasteiger charge is -2.17. The molecule has 0 saturated carbocycles. The number of aryl methyl sites for hydroxylation is 2. The van der Waals surface area contributed by atoms with Gasteiger partial charge in [0.05, 0.1) is 5.69 Å². The molecule has 1 aliphatic rings. The van der Waals surface area contributed by atoms with E-state index < -0.39 is 0 Å². The van der Waals surface area contributed by atoms with E-state index in [1.807, 2.05) is 25.1 Å². The van der Waals surface area contributed by atoms with E-state index in [1.165, 1.54) is 0 Å². The first-order valence-electron chi connectivity index (χ1n) is 6.44. The summed E-state index contributed by atoms with van der Waals surface area (Å²) in [5.74, 6) is 1.12. The van der Waals surface area contributed by atoms with Gasteiger partial charge in [-0.1, -0.05) is 0 Å². The Morgan fingerprint density at radius 3 is 2.95 bits per heavy atom. The molecule has 5 nitrogen and oxygen atoms in total. The third-order valence-electron chi connectivity index (χ3n) is 3.20. The molecule has 3 N–H and O–H groups in total. The van der Waals surface area contributed by atoms with Gasteiger partial charge in [-0.3, -0.25) is 4.79 Å². The molecule has 0 aliphatic carbocycles. The number of ether oxygens (including phenoxy) is 1. The summed E-state index contributed by atoms with van der Waals surface area (Å²) >= 11 is 0. The minimum atomic E-state index is 0.0515. The van der Waals surface area contributed by atoms with Crippen molar-refractivity contribution in [3.8, 4) is 11.6 Å². The number of hydrogen-bond donors (Lipinski definition) is 2. The summed E-state index contributed by atoms with van der Waals surface area (Å²) in [6.45, 7) is 1.93. The van der Waals surface area contributed by atoms with Crippen LogP contribution in [0, 0.1) is 6.92 Å². The third kappa shape index (κ3) is 2.42. The van der Waals surface area contributed by atoms with Crippen molar-refractivity contribution in [3.05, 3.63) is 41.6 Å². The highest BCUT2D eigenvalue weighted by Gasteiger charge is 2.15. The first-order chi connectivity index (χ1) is 9.61. The number of fused-ring (bicyclic) bond motifs is 1. The summed E-state index contributed by atoms with van der Waals surface area (Å²) in [6, 6.07) is 7.37. The Bertz CT molecular complexity index is 683. The number of nitrogens with two attached hydrogens (primary N) is 1. The number of nitrogen functional groups attached to an aromatic ring is 1. The molecule has 20 heavy (non-hydrogen) atoms. The maximum atomic E-state index is 11.3. The molecule has 1 aromatic heterocycles. The van der Waals surface area contributed by atoms with Gasteiger partial charge in [-0.25, -0.2) is 4.98 Å². The van der Waals surface area contributed by atoms with E-state index in [2.05, 4.69) is 10.3 Å². The first-order valence-corrected chi connectivity index (χ1v) is 6.44. The van der Waals surface area contributed by atoms with Crippen molar-refractivity contribution in [1.82, 2.24) is 4.98 Å². The topological polar surface area (TPSA) is 77.2 Å². The number of pyridine rings is 1. The summed E-state index contributed by atoms with van der Waals surface area (Å²) in [4.78, 5) is 15.5. The number of carbonyl (C=O) groups excluding carboxylic acids is 1. The average molecular weight is 269 g/mol. The van der Waals surface area contributed by atoms with Crippen LogP contribution < -0.4 is 15.8 Å². The number of benzene rings is 1.